The summed E-state index contributed by atoms with van der Waals surface area (Å²) in [5.41, 5.74) is 5.34. The second-order valence-electron chi connectivity index (χ2n) is 3.20. The zero-order valence-corrected chi connectivity index (χ0v) is 8.19. The van der Waals surface area contributed by atoms with Gasteiger partial charge in [0.05, 0.1) is 5.92 Å². The highest BCUT2D eigenvalue weighted by Crippen LogP contribution is 2.13. The van der Waals surface area contributed by atoms with Crippen LogP contribution in [0.1, 0.15) is 18.4 Å². The highest BCUT2D eigenvalue weighted by Gasteiger charge is 2.17. The highest BCUT2D eigenvalue weighted by atomic mass is 16.4. The van der Waals surface area contributed by atoms with Gasteiger partial charge >= 0.3 is 5.97 Å². The lowest BCUT2D eigenvalue weighted by atomic mass is 10.1. The molecule has 1 aromatic heterocycles. The smallest absolute Gasteiger partial charge is 0.308 e. The van der Waals surface area contributed by atoms with Gasteiger partial charge in [-0.05, 0) is 12.1 Å². The van der Waals surface area contributed by atoms with Gasteiger partial charge in [-0.2, -0.15) is 0 Å². The Kier molecular flexibility index (Phi) is 3.71. The number of rotatable bonds is 5. The zero-order valence-electron chi connectivity index (χ0n) is 8.19. The number of carbonyl (C=O) groups is 1. The number of hydrogen-bond donors (Lipinski definition) is 2. The van der Waals surface area contributed by atoms with E-state index in [-0.39, 0.29) is 6.54 Å². The fourth-order valence-electron chi connectivity index (χ4n) is 1.24. The first-order valence-electron chi connectivity index (χ1n) is 4.67. The van der Waals surface area contributed by atoms with Gasteiger partial charge in [-0.3, -0.25) is 4.79 Å². The molecule has 0 spiro atoms. The van der Waals surface area contributed by atoms with Crippen LogP contribution >= 0.6 is 0 Å². The van der Waals surface area contributed by atoms with E-state index >= 15 is 0 Å². The summed E-state index contributed by atoms with van der Waals surface area (Å²) in [7, 11) is 0. The Labute approximate surface area is 82.7 Å². The first-order chi connectivity index (χ1) is 6.67. The Morgan fingerprint density at radius 2 is 2.21 bits per heavy atom. The molecule has 0 bridgehead atoms. The lowest BCUT2D eigenvalue weighted by Gasteiger charge is -2.06. The number of aryl methyl sites for hydroxylation is 1. The van der Waals surface area contributed by atoms with Gasteiger partial charge in [-0.15, -0.1) is 0 Å². The van der Waals surface area contributed by atoms with Crippen LogP contribution in [0.25, 0.3) is 0 Å². The highest BCUT2D eigenvalue weighted by molar-refractivity contribution is 5.70. The molecule has 4 nitrogen and oxygen atoms in total. The van der Waals surface area contributed by atoms with E-state index in [9.17, 15) is 4.79 Å². The maximum Gasteiger partial charge on any atom is 0.308 e. The first kappa shape index (κ1) is 10.8. The summed E-state index contributed by atoms with van der Waals surface area (Å²) in [5.74, 6) is 0.147. The van der Waals surface area contributed by atoms with Crippen molar-refractivity contribution in [2.75, 3.05) is 6.54 Å². The molecule has 0 fully saturated rings. The van der Waals surface area contributed by atoms with Gasteiger partial charge in [-0.1, -0.05) is 6.92 Å². The SMILES string of the molecule is CCc1ccc(CC(CN)C(=O)O)o1. The average Bonchev–Trinajstić information content (AvgIpc) is 2.61. The lowest BCUT2D eigenvalue weighted by Crippen LogP contribution is -2.25. The molecule has 1 heterocycles. The third-order valence-corrected chi connectivity index (χ3v) is 2.15. The summed E-state index contributed by atoms with van der Waals surface area (Å²) in [5, 5.41) is 8.78. The Balaban J connectivity index is 2.62. The van der Waals surface area contributed by atoms with Crippen LogP contribution < -0.4 is 5.73 Å². The van der Waals surface area contributed by atoms with Crippen molar-refractivity contribution < 1.29 is 14.3 Å². The number of hydrogen-bond acceptors (Lipinski definition) is 3. The summed E-state index contributed by atoms with van der Waals surface area (Å²) in [4.78, 5) is 10.7. The zero-order chi connectivity index (χ0) is 10.6. The monoisotopic (exact) mass is 197 g/mol. The van der Waals surface area contributed by atoms with Crippen LogP contribution in [-0.4, -0.2) is 17.6 Å². The molecule has 0 radical (unpaired) electrons. The molecule has 14 heavy (non-hydrogen) atoms. The van der Waals surface area contributed by atoms with Crippen LogP contribution in [0.15, 0.2) is 16.5 Å². The van der Waals surface area contributed by atoms with E-state index in [2.05, 4.69) is 0 Å². The lowest BCUT2D eigenvalue weighted by molar-refractivity contribution is -0.141. The Morgan fingerprint density at radius 1 is 1.57 bits per heavy atom. The Morgan fingerprint density at radius 3 is 2.64 bits per heavy atom. The molecule has 4 heteroatoms. The number of aliphatic carboxylic acids is 1. The van der Waals surface area contributed by atoms with Gasteiger partial charge in [0.25, 0.3) is 0 Å². The van der Waals surface area contributed by atoms with Gasteiger partial charge in [0.2, 0.25) is 0 Å². The molecule has 0 aliphatic rings. The molecule has 0 aromatic carbocycles. The van der Waals surface area contributed by atoms with Crippen LogP contribution in [0.3, 0.4) is 0 Å². The summed E-state index contributed by atoms with van der Waals surface area (Å²) in [6, 6.07) is 3.68. The number of carboxylic acid groups (broad SMARTS) is 1. The molecule has 1 aromatic rings. The van der Waals surface area contributed by atoms with Crippen LogP contribution in [0.5, 0.6) is 0 Å². The fraction of sp³-hybridized carbons (Fsp3) is 0.500. The van der Waals surface area contributed by atoms with Crippen molar-refractivity contribution in [3.8, 4) is 0 Å². The van der Waals surface area contributed by atoms with Crippen molar-refractivity contribution in [2.24, 2.45) is 11.7 Å². The van der Waals surface area contributed by atoms with Gasteiger partial charge in [0, 0.05) is 19.4 Å². The normalized spacial score (nSPS) is 12.7. The molecular weight excluding hydrogens is 182 g/mol. The summed E-state index contributed by atoms with van der Waals surface area (Å²) in [6.07, 6.45) is 1.19. The number of carboxylic acids is 1. The van der Waals surface area contributed by atoms with Crippen LogP contribution in [0.2, 0.25) is 0 Å². The molecule has 0 aliphatic heterocycles. The van der Waals surface area contributed by atoms with Gasteiger partial charge in [0.15, 0.2) is 0 Å². The van der Waals surface area contributed by atoms with E-state index in [0.717, 1.165) is 12.2 Å². The molecule has 78 valence electrons. The third-order valence-electron chi connectivity index (χ3n) is 2.15. The van der Waals surface area contributed by atoms with E-state index in [1.807, 2.05) is 19.1 Å². The van der Waals surface area contributed by atoms with Crippen LogP contribution in [0, 0.1) is 5.92 Å². The minimum Gasteiger partial charge on any atom is -0.481 e. The maximum absolute atomic E-state index is 10.7. The molecule has 1 rings (SSSR count). The van der Waals surface area contributed by atoms with Crippen molar-refractivity contribution >= 4 is 5.97 Å². The minimum atomic E-state index is -0.873. The average molecular weight is 197 g/mol. The molecule has 0 saturated carbocycles. The van der Waals surface area contributed by atoms with E-state index in [1.54, 1.807) is 0 Å². The van der Waals surface area contributed by atoms with Gasteiger partial charge < -0.3 is 15.3 Å². The second-order valence-corrected chi connectivity index (χ2v) is 3.20. The van der Waals surface area contributed by atoms with E-state index in [0.29, 0.717) is 12.2 Å². The molecule has 0 aliphatic carbocycles. The molecule has 3 N–H and O–H groups in total. The molecule has 1 atom stereocenters. The predicted octanol–water partition coefficient (Wildman–Crippen LogP) is 1.04. The fourth-order valence-corrected chi connectivity index (χ4v) is 1.24. The number of nitrogens with two attached hydrogens (primary N) is 1. The van der Waals surface area contributed by atoms with E-state index < -0.39 is 11.9 Å². The van der Waals surface area contributed by atoms with E-state index in [4.69, 9.17) is 15.3 Å². The van der Waals surface area contributed by atoms with E-state index in [1.165, 1.54) is 0 Å². The van der Waals surface area contributed by atoms with Crippen molar-refractivity contribution in [1.82, 2.24) is 0 Å². The Hall–Kier alpha value is -1.29. The Bertz CT molecular complexity index is 306. The third kappa shape index (κ3) is 2.60. The van der Waals surface area contributed by atoms with Crippen molar-refractivity contribution in [1.29, 1.82) is 0 Å². The van der Waals surface area contributed by atoms with Crippen molar-refractivity contribution in [2.45, 2.75) is 19.8 Å². The first-order valence-corrected chi connectivity index (χ1v) is 4.67. The maximum atomic E-state index is 10.7. The van der Waals surface area contributed by atoms with Gasteiger partial charge in [-0.25, -0.2) is 0 Å². The minimum absolute atomic E-state index is 0.136. The summed E-state index contributed by atoms with van der Waals surface area (Å²) < 4.78 is 5.40. The van der Waals surface area contributed by atoms with Crippen LogP contribution in [-0.2, 0) is 17.6 Å². The standard InChI is InChI=1S/C10H15NO3/c1-2-8-3-4-9(14-8)5-7(6-11)10(12)13/h3-4,7H,2,5-6,11H2,1H3,(H,12,13). The topological polar surface area (TPSA) is 76.5 Å². The summed E-state index contributed by atoms with van der Waals surface area (Å²) in [6.45, 7) is 2.12. The molecule has 0 saturated heterocycles. The summed E-state index contributed by atoms with van der Waals surface area (Å²) >= 11 is 0. The molecular formula is C10H15NO3. The quantitative estimate of drug-likeness (QED) is 0.739. The van der Waals surface area contributed by atoms with Crippen molar-refractivity contribution in [3.05, 3.63) is 23.7 Å². The van der Waals surface area contributed by atoms with Crippen molar-refractivity contribution in [3.63, 3.8) is 0 Å². The molecule has 0 amide bonds. The van der Waals surface area contributed by atoms with Crippen LogP contribution in [0.4, 0.5) is 0 Å². The molecule has 1 unspecified atom stereocenters. The second kappa shape index (κ2) is 4.81. The largest absolute Gasteiger partial charge is 0.481 e. The number of furan rings is 1. The van der Waals surface area contributed by atoms with Gasteiger partial charge in [0.1, 0.15) is 11.5 Å². The predicted molar refractivity (Wildman–Crippen MR) is 52.0 cm³/mol.